The maximum absolute atomic E-state index is 11.8. The number of hydrogen-bond donors (Lipinski definition) is 2. The molecule has 0 spiro atoms. The van der Waals surface area contributed by atoms with Gasteiger partial charge in [0.15, 0.2) is 0 Å². The second kappa shape index (κ2) is 5.72. The van der Waals surface area contributed by atoms with Crippen molar-refractivity contribution in [1.82, 2.24) is 0 Å². The molecule has 0 unspecified atom stereocenters. The molecule has 0 bridgehead atoms. The Morgan fingerprint density at radius 2 is 2.30 bits per heavy atom. The number of carboxylic acid groups (broad SMARTS) is 1. The van der Waals surface area contributed by atoms with Gasteiger partial charge >= 0.3 is 13.1 Å². The highest BCUT2D eigenvalue weighted by atomic mass is 32.2. The highest BCUT2D eigenvalue weighted by Crippen LogP contribution is 2.60. The maximum atomic E-state index is 11.8. The fraction of sp³-hybridized carbons (Fsp3) is 0.562. The Morgan fingerprint density at radius 1 is 1.48 bits per heavy atom. The monoisotopic (exact) mass is 334 g/mol. The molecule has 7 heteroatoms. The number of carbonyl (C=O) groups is 1. The molecular formula is C16H19BO5S. The lowest BCUT2D eigenvalue weighted by Crippen LogP contribution is -2.27. The zero-order valence-electron chi connectivity index (χ0n) is 12.9. The molecule has 1 aromatic carbocycles. The third-order valence-electron chi connectivity index (χ3n) is 5.01. The van der Waals surface area contributed by atoms with Gasteiger partial charge in [0.25, 0.3) is 0 Å². The Morgan fingerprint density at radius 3 is 3.00 bits per heavy atom. The van der Waals surface area contributed by atoms with Gasteiger partial charge in [-0.05, 0) is 36.8 Å². The molecule has 4 rings (SSSR count). The summed E-state index contributed by atoms with van der Waals surface area (Å²) in [5.41, 5.74) is 1.11. The van der Waals surface area contributed by atoms with Crippen LogP contribution in [0.15, 0.2) is 17.0 Å². The maximum Gasteiger partial charge on any atom is 0.526 e. The lowest BCUT2D eigenvalue weighted by molar-refractivity contribution is 0.0690. The summed E-state index contributed by atoms with van der Waals surface area (Å²) >= 11 is 1.52. The van der Waals surface area contributed by atoms with E-state index in [9.17, 15) is 14.9 Å². The van der Waals surface area contributed by atoms with Crippen LogP contribution in [0.2, 0.25) is 5.82 Å². The number of thioether (sulfide) groups is 1. The first kappa shape index (κ1) is 15.4. The molecule has 1 saturated carbocycles. The normalized spacial score (nSPS) is 29.5. The Labute approximate surface area is 139 Å². The Bertz CT molecular complexity index is 646. The average Bonchev–Trinajstić information content (AvgIpc) is 3.13. The van der Waals surface area contributed by atoms with E-state index in [2.05, 4.69) is 6.92 Å². The van der Waals surface area contributed by atoms with Crippen molar-refractivity contribution in [3.05, 3.63) is 23.3 Å². The first-order valence-electron chi connectivity index (χ1n) is 8.09. The second-order valence-corrected chi connectivity index (χ2v) is 7.97. The summed E-state index contributed by atoms with van der Waals surface area (Å²) in [4.78, 5) is 12.5. The molecule has 0 aromatic heterocycles. The minimum Gasteiger partial charge on any atom is -0.535 e. The molecule has 2 heterocycles. The van der Waals surface area contributed by atoms with Crippen LogP contribution in [-0.2, 0) is 4.74 Å². The molecule has 3 aliphatic rings. The largest absolute Gasteiger partial charge is 0.535 e. The van der Waals surface area contributed by atoms with E-state index in [1.165, 1.54) is 11.8 Å². The van der Waals surface area contributed by atoms with Crippen molar-refractivity contribution in [2.45, 2.75) is 54.2 Å². The van der Waals surface area contributed by atoms with Gasteiger partial charge in [0, 0.05) is 22.6 Å². The van der Waals surface area contributed by atoms with Gasteiger partial charge in [0.1, 0.15) is 11.3 Å². The molecule has 23 heavy (non-hydrogen) atoms. The molecular weight excluding hydrogens is 315 g/mol. The van der Waals surface area contributed by atoms with Crippen LogP contribution in [0, 0.1) is 0 Å². The predicted molar refractivity (Wildman–Crippen MR) is 87.4 cm³/mol. The van der Waals surface area contributed by atoms with E-state index in [0.717, 1.165) is 31.4 Å². The fourth-order valence-electron chi connectivity index (χ4n) is 3.64. The summed E-state index contributed by atoms with van der Waals surface area (Å²) in [5, 5.41) is 19.8. The summed E-state index contributed by atoms with van der Waals surface area (Å²) in [6, 6.07) is 3.84. The van der Waals surface area contributed by atoms with Crippen LogP contribution >= 0.6 is 11.8 Å². The van der Waals surface area contributed by atoms with Crippen LogP contribution < -0.4 is 4.65 Å². The summed E-state index contributed by atoms with van der Waals surface area (Å²) in [7, 11) is -0.888. The third kappa shape index (κ3) is 2.64. The molecule has 1 aromatic rings. The molecule has 2 fully saturated rings. The number of fused-ring (bicyclic) bond motifs is 3. The average molecular weight is 334 g/mol. The van der Waals surface area contributed by atoms with Crippen molar-refractivity contribution in [2.24, 2.45) is 0 Å². The highest BCUT2D eigenvalue weighted by Gasteiger charge is 2.54. The van der Waals surface area contributed by atoms with Gasteiger partial charge in [0.05, 0.1) is 6.10 Å². The lowest BCUT2D eigenvalue weighted by Gasteiger charge is -2.24. The first-order chi connectivity index (χ1) is 11.1. The van der Waals surface area contributed by atoms with Crippen LogP contribution in [0.4, 0.5) is 0 Å². The van der Waals surface area contributed by atoms with Crippen molar-refractivity contribution < 1.29 is 24.3 Å². The summed E-state index contributed by atoms with van der Waals surface area (Å²) in [6.45, 7) is 2.85. The van der Waals surface area contributed by atoms with Crippen molar-refractivity contribution >= 4 is 24.8 Å². The number of benzene rings is 1. The third-order valence-corrected chi connectivity index (χ3v) is 6.28. The summed E-state index contributed by atoms with van der Waals surface area (Å²) in [5.74, 6) is -0.293. The minimum absolute atomic E-state index is 0.119. The minimum atomic E-state index is -1.00. The topological polar surface area (TPSA) is 76.0 Å². The Hall–Kier alpha value is -1.18. The SMILES string of the molecule is C[C@@H](Sc1ccc2c(c1C(=O)O)OB(O)[C@@H]1C[C@H]21)[C@H]1CCCO1. The summed E-state index contributed by atoms with van der Waals surface area (Å²) in [6.07, 6.45) is 3.10. The van der Waals surface area contributed by atoms with E-state index in [0.29, 0.717) is 10.6 Å². The molecule has 1 saturated heterocycles. The first-order valence-corrected chi connectivity index (χ1v) is 8.97. The molecule has 0 amide bonds. The van der Waals surface area contributed by atoms with Crippen molar-refractivity contribution in [1.29, 1.82) is 0 Å². The number of rotatable bonds is 4. The van der Waals surface area contributed by atoms with Crippen LogP contribution in [0.25, 0.3) is 0 Å². The van der Waals surface area contributed by atoms with E-state index in [1.54, 1.807) is 0 Å². The molecule has 1 aliphatic carbocycles. The van der Waals surface area contributed by atoms with Gasteiger partial charge in [-0.25, -0.2) is 4.79 Å². The molecule has 0 radical (unpaired) electrons. The van der Waals surface area contributed by atoms with Gasteiger partial charge < -0.3 is 19.5 Å². The van der Waals surface area contributed by atoms with Crippen LogP contribution in [0.1, 0.15) is 48.0 Å². The Balaban J connectivity index is 1.67. The molecule has 2 aliphatic heterocycles. The Kier molecular flexibility index (Phi) is 3.82. The zero-order valence-corrected chi connectivity index (χ0v) is 13.7. The van der Waals surface area contributed by atoms with Gasteiger partial charge in [-0.1, -0.05) is 13.0 Å². The lowest BCUT2D eigenvalue weighted by atomic mass is 9.77. The van der Waals surface area contributed by atoms with Gasteiger partial charge in [-0.2, -0.15) is 0 Å². The number of hydrogen-bond acceptors (Lipinski definition) is 5. The number of ether oxygens (including phenoxy) is 1. The quantitative estimate of drug-likeness (QED) is 0.651. The highest BCUT2D eigenvalue weighted by molar-refractivity contribution is 8.00. The van der Waals surface area contributed by atoms with Gasteiger partial charge in [-0.15, -0.1) is 11.8 Å². The predicted octanol–water partition coefficient (Wildman–Crippen LogP) is 2.77. The van der Waals surface area contributed by atoms with Crippen molar-refractivity contribution in [2.75, 3.05) is 6.61 Å². The van der Waals surface area contributed by atoms with Gasteiger partial charge in [0.2, 0.25) is 0 Å². The second-order valence-electron chi connectivity index (χ2n) is 6.55. The zero-order chi connectivity index (χ0) is 16.1. The molecule has 2 N–H and O–H groups in total. The van der Waals surface area contributed by atoms with E-state index in [4.69, 9.17) is 9.39 Å². The number of carboxylic acids is 1. The van der Waals surface area contributed by atoms with E-state index in [-0.39, 0.29) is 28.7 Å². The number of aromatic carboxylic acids is 1. The van der Waals surface area contributed by atoms with Crippen LogP contribution in [0.5, 0.6) is 5.75 Å². The van der Waals surface area contributed by atoms with Gasteiger partial charge in [-0.3, -0.25) is 0 Å². The molecule has 122 valence electrons. The molecule has 5 nitrogen and oxygen atoms in total. The van der Waals surface area contributed by atoms with E-state index in [1.807, 2.05) is 12.1 Å². The van der Waals surface area contributed by atoms with Crippen LogP contribution in [0.3, 0.4) is 0 Å². The standard InChI is InChI=1S/C16H19BO5S/c1-8(12-3-2-6-21-12)23-13-5-4-9-10-7-11(10)17(20)22-15(9)14(13)16(18)19/h4-5,8,10-12,20H,2-3,6-7H2,1H3,(H,18,19)/t8-,10-,11-,12-/m1/s1. The van der Waals surface area contributed by atoms with Crippen molar-refractivity contribution in [3.8, 4) is 5.75 Å². The van der Waals surface area contributed by atoms with E-state index < -0.39 is 13.1 Å². The fourth-order valence-corrected chi connectivity index (χ4v) is 4.86. The van der Waals surface area contributed by atoms with Crippen LogP contribution in [-0.4, -0.2) is 41.2 Å². The summed E-state index contributed by atoms with van der Waals surface area (Å²) < 4.78 is 11.3. The van der Waals surface area contributed by atoms with Crippen molar-refractivity contribution in [3.63, 3.8) is 0 Å². The molecule has 4 atom stereocenters. The smallest absolute Gasteiger partial charge is 0.526 e. The van der Waals surface area contributed by atoms with E-state index >= 15 is 0 Å².